The molecule has 0 aromatic heterocycles. The summed E-state index contributed by atoms with van der Waals surface area (Å²) in [6.45, 7) is 5.45. The van der Waals surface area contributed by atoms with Gasteiger partial charge in [0.25, 0.3) is 0 Å². The molecule has 0 aliphatic heterocycles. The topological polar surface area (TPSA) is 66.8 Å². The quantitative estimate of drug-likeness (QED) is 0.299. The minimum atomic E-state index is -1.56. The zero-order valence-corrected chi connectivity index (χ0v) is 9.10. The van der Waals surface area contributed by atoms with E-state index < -0.39 is 18.1 Å². The summed E-state index contributed by atoms with van der Waals surface area (Å²) in [7, 11) is 1.30. The van der Waals surface area contributed by atoms with Crippen molar-refractivity contribution in [2.75, 3.05) is 13.7 Å². The molecule has 5 nitrogen and oxygen atoms in total. The molecule has 0 heterocycles. The van der Waals surface area contributed by atoms with Crippen molar-refractivity contribution in [3.05, 3.63) is 12.7 Å². The Bertz CT molecular complexity index is 240. The maximum atomic E-state index is 11.2. The molecule has 0 saturated heterocycles. The zero-order valence-electron chi connectivity index (χ0n) is 9.10. The molecule has 0 aliphatic rings. The molecule has 0 rings (SSSR count). The predicted octanol–water partition coefficient (Wildman–Crippen LogP) is 0.292. The van der Waals surface area contributed by atoms with E-state index in [0.29, 0.717) is 0 Å². The first-order chi connectivity index (χ1) is 7.04. The van der Waals surface area contributed by atoms with Crippen LogP contribution in [0.5, 0.6) is 0 Å². The predicted molar refractivity (Wildman–Crippen MR) is 54.8 cm³/mol. The number of aliphatic hydroxyl groups is 1. The number of hydrogen-bond donors (Lipinski definition) is 1. The van der Waals surface area contributed by atoms with Crippen LogP contribution < -0.4 is 0 Å². The summed E-state index contributed by atoms with van der Waals surface area (Å²) in [6, 6.07) is 0. The average molecular weight is 215 g/mol. The van der Waals surface area contributed by atoms with Crippen LogP contribution in [0.15, 0.2) is 12.7 Å². The summed E-state index contributed by atoms with van der Waals surface area (Å²) in [5, 5.41) is 9.37. The van der Waals surface area contributed by atoms with Crippen LogP contribution in [-0.4, -0.2) is 41.8 Å². The third-order valence-electron chi connectivity index (χ3n) is 1.84. The van der Waals surface area contributed by atoms with Gasteiger partial charge in [-0.15, -0.1) is 0 Å². The standard InChI is InChI=1S/C10H17NO4/c1-4-6-7-15-10(14)9(13)11(3)8(12)5-2/h5,9,13H,2,4,6-7H2,1,3H3. The van der Waals surface area contributed by atoms with Crippen LogP contribution in [0, 0.1) is 0 Å². The van der Waals surface area contributed by atoms with Crippen molar-refractivity contribution in [3.63, 3.8) is 0 Å². The van der Waals surface area contributed by atoms with E-state index in [-0.39, 0.29) is 6.61 Å². The molecule has 0 bridgehead atoms. The van der Waals surface area contributed by atoms with Gasteiger partial charge in [-0.2, -0.15) is 0 Å². The number of likely N-dealkylation sites (N-methyl/N-ethyl adjacent to an activating group) is 1. The molecule has 1 amide bonds. The number of nitrogens with zero attached hydrogens (tertiary/aromatic N) is 1. The number of carbonyl (C=O) groups excluding carboxylic acids is 2. The summed E-state index contributed by atoms with van der Waals surface area (Å²) in [5.74, 6) is -1.35. The fourth-order valence-electron chi connectivity index (χ4n) is 0.814. The number of carbonyl (C=O) groups is 2. The van der Waals surface area contributed by atoms with Crippen molar-refractivity contribution >= 4 is 11.9 Å². The van der Waals surface area contributed by atoms with Crippen molar-refractivity contribution in [2.24, 2.45) is 0 Å². The third-order valence-corrected chi connectivity index (χ3v) is 1.84. The summed E-state index contributed by atoms with van der Waals surface area (Å²) in [6.07, 6.45) is 1.08. The van der Waals surface area contributed by atoms with Crippen LogP contribution in [0.25, 0.3) is 0 Å². The van der Waals surface area contributed by atoms with Gasteiger partial charge >= 0.3 is 5.97 Å². The highest BCUT2D eigenvalue weighted by Crippen LogP contribution is 1.98. The van der Waals surface area contributed by atoms with Crippen molar-refractivity contribution in [1.82, 2.24) is 4.90 Å². The number of hydrogen-bond acceptors (Lipinski definition) is 4. The Kier molecular flexibility index (Phi) is 6.37. The number of aliphatic hydroxyl groups excluding tert-OH is 1. The Morgan fingerprint density at radius 3 is 2.67 bits per heavy atom. The fourth-order valence-corrected chi connectivity index (χ4v) is 0.814. The van der Waals surface area contributed by atoms with Gasteiger partial charge in [-0.25, -0.2) is 4.79 Å². The molecule has 0 fully saturated rings. The lowest BCUT2D eigenvalue weighted by Gasteiger charge is -2.20. The maximum absolute atomic E-state index is 11.2. The second-order valence-electron chi connectivity index (χ2n) is 3.05. The molecule has 0 aromatic rings. The lowest BCUT2D eigenvalue weighted by atomic mass is 10.4. The highest BCUT2D eigenvalue weighted by molar-refractivity contribution is 5.90. The SMILES string of the molecule is C=CC(=O)N(C)C(O)C(=O)OCCCC. The van der Waals surface area contributed by atoms with Gasteiger partial charge in [0.05, 0.1) is 6.61 Å². The number of esters is 1. The van der Waals surface area contributed by atoms with Crippen LogP contribution in [0.3, 0.4) is 0 Å². The first-order valence-corrected chi connectivity index (χ1v) is 4.78. The molecule has 0 radical (unpaired) electrons. The third kappa shape index (κ3) is 4.60. The Hall–Kier alpha value is -1.36. The van der Waals surface area contributed by atoms with Crippen molar-refractivity contribution in [3.8, 4) is 0 Å². The van der Waals surface area contributed by atoms with E-state index in [4.69, 9.17) is 4.74 Å². The number of amides is 1. The van der Waals surface area contributed by atoms with E-state index in [9.17, 15) is 14.7 Å². The van der Waals surface area contributed by atoms with Crippen molar-refractivity contribution in [1.29, 1.82) is 0 Å². The number of ether oxygens (including phenoxy) is 1. The van der Waals surface area contributed by atoms with Crippen LogP contribution in [0.1, 0.15) is 19.8 Å². The van der Waals surface area contributed by atoms with Crippen LogP contribution in [0.2, 0.25) is 0 Å². The molecule has 1 N–H and O–H groups in total. The van der Waals surface area contributed by atoms with Crippen LogP contribution in [-0.2, 0) is 14.3 Å². The number of unbranched alkanes of at least 4 members (excludes halogenated alkanes) is 1. The van der Waals surface area contributed by atoms with Crippen LogP contribution in [0.4, 0.5) is 0 Å². The molecule has 5 heteroatoms. The highest BCUT2D eigenvalue weighted by Gasteiger charge is 2.23. The van der Waals surface area contributed by atoms with Gasteiger partial charge in [0.1, 0.15) is 0 Å². The molecule has 0 saturated carbocycles. The lowest BCUT2D eigenvalue weighted by molar-refractivity contribution is -0.167. The van der Waals surface area contributed by atoms with E-state index in [1.54, 1.807) is 0 Å². The Morgan fingerprint density at radius 2 is 2.20 bits per heavy atom. The summed E-state index contributed by atoms with van der Waals surface area (Å²) in [4.78, 5) is 23.1. The van der Waals surface area contributed by atoms with Gasteiger partial charge in [-0.05, 0) is 12.5 Å². The highest BCUT2D eigenvalue weighted by atomic mass is 16.5. The minimum Gasteiger partial charge on any atom is -0.462 e. The minimum absolute atomic E-state index is 0.252. The molecule has 1 atom stereocenters. The van der Waals surface area contributed by atoms with Gasteiger partial charge in [0, 0.05) is 7.05 Å². The van der Waals surface area contributed by atoms with E-state index in [1.807, 2.05) is 6.92 Å². The van der Waals surface area contributed by atoms with E-state index >= 15 is 0 Å². The van der Waals surface area contributed by atoms with Gasteiger partial charge in [-0.3, -0.25) is 4.79 Å². The largest absolute Gasteiger partial charge is 0.462 e. The molecular weight excluding hydrogens is 198 g/mol. The van der Waals surface area contributed by atoms with Crippen molar-refractivity contribution in [2.45, 2.75) is 26.0 Å². The van der Waals surface area contributed by atoms with Gasteiger partial charge in [0.15, 0.2) is 0 Å². The number of rotatable bonds is 6. The monoisotopic (exact) mass is 215 g/mol. The fraction of sp³-hybridized carbons (Fsp3) is 0.600. The second kappa shape index (κ2) is 7.00. The van der Waals surface area contributed by atoms with E-state index in [0.717, 1.165) is 23.8 Å². The Balaban J connectivity index is 4.07. The molecule has 15 heavy (non-hydrogen) atoms. The van der Waals surface area contributed by atoms with E-state index in [2.05, 4.69) is 6.58 Å². The molecule has 0 aliphatic carbocycles. The molecule has 86 valence electrons. The Morgan fingerprint density at radius 1 is 1.60 bits per heavy atom. The summed E-state index contributed by atoms with van der Waals surface area (Å²) < 4.78 is 4.74. The molecule has 0 spiro atoms. The van der Waals surface area contributed by atoms with Gasteiger partial charge in [0.2, 0.25) is 12.1 Å². The maximum Gasteiger partial charge on any atom is 0.356 e. The first kappa shape index (κ1) is 13.6. The first-order valence-electron chi connectivity index (χ1n) is 4.78. The molecule has 1 unspecified atom stereocenters. The summed E-state index contributed by atoms with van der Waals surface area (Å²) >= 11 is 0. The Labute approximate surface area is 89.3 Å². The van der Waals surface area contributed by atoms with Gasteiger partial charge < -0.3 is 14.7 Å². The van der Waals surface area contributed by atoms with Gasteiger partial charge in [-0.1, -0.05) is 19.9 Å². The summed E-state index contributed by atoms with van der Waals surface area (Å²) in [5.41, 5.74) is 0. The smallest absolute Gasteiger partial charge is 0.356 e. The average Bonchev–Trinajstić information content (AvgIpc) is 2.26. The molecular formula is C10H17NO4. The van der Waals surface area contributed by atoms with E-state index in [1.165, 1.54) is 7.05 Å². The molecule has 0 aromatic carbocycles. The second-order valence-corrected chi connectivity index (χ2v) is 3.05. The zero-order chi connectivity index (χ0) is 11.8. The van der Waals surface area contributed by atoms with Crippen LogP contribution >= 0.6 is 0 Å². The normalized spacial score (nSPS) is 11.7. The lowest BCUT2D eigenvalue weighted by Crippen LogP contribution is -2.42. The van der Waals surface area contributed by atoms with Crippen molar-refractivity contribution < 1.29 is 19.4 Å².